The van der Waals surface area contributed by atoms with Gasteiger partial charge >= 0.3 is 0 Å². The smallest absolute Gasteiger partial charge is 0.213 e. The van der Waals surface area contributed by atoms with E-state index in [0.29, 0.717) is 48.8 Å². The van der Waals surface area contributed by atoms with Crippen LogP contribution in [-0.2, 0) is 13.2 Å². The van der Waals surface area contributed by atoms with Crippen LogP contribution in [0.1, 0.15) is 24.5 Å². The highest BCUT2D eigenvalue weighted by Crippen LogP contribution is 2.37. The summed E-state index contributed by atoms with van der Waals surface area (Å²) >= 11 is 6.51. The van der Waals surface area contributed by atoms with E-state index in [1.54, 1.807) is 6.20 Å². The Kier molecular flexibility index (Phi) is 8.81. The van der Waals surface area contributed by atoms with Gasteiger partial charge in [-0.05, 0) is 49.2 Å². The zero-order chi connectivity index (χ0) is 21.0. The molecule has 1 heterocycles. The SMILES string of the molecule is CCOc1cc(CNCCCOc2ccccn2)cc(Cl)c1OCc1ccccc1. The molecule has 0 aliphatic heterocycles. The number of halogens is 1. The molecule has 0 amide bonds. The Hall–Kier alpha value is -2.76. The normalized spacial score (nSPS) is 10.6. The number of pyridine rings is 1. The number of hydrogen-bond acceptors (Lipinski definition) is 5. The molecule has 0 fully saturated rings. The number of rotatable bonds is 12. The fourth-order valence-electron chi connectivity index (χ4n) is 2.90. The Morgan fingerprint density at radius 1 is 0.933 bits per heavy atom. The Balaban J connectivity index is 1.50. The first-order chi connectivity index (χ1) is 14.8. The minimum Gasteiger partial charge on any atom is -0.490 e. The van der Waals surface area contributed by atoms with E-state index >= 15 is 0 Å². The van der Waals surface area contributed by atoms with E-state index in [4.69, 9.17) is 25.8 Å². The zero-order valence-corrected chi connectivity index (χ0v) is 17.9. The highest BCUT2D eigenvalue weighted by Gasteiger charge is 2.13. The van der Waals surface area contributed by atoms with Gasteiger partial charge in [0.05, 0.1) is 18.2 Å². The van der Waals surface area contributed by atoms with Gasteiger partial charge in [-0.1, -0.05) is 48.0 Å². The monoisotopic (exact) mass is 426 g/mol. The van der Waals surface area contributed by atoms with E-state index in [1.807, 2.05) is 67.6 Å². The molecule has 3 aromatic rings. The van der Waals surface area contributed by atoms with Crippen LogP contribution in [0.2, 0.25) is 5.02 Å². The molecule has 0 saturated carbocycles. The average molecular weight is 427 g/mol. The minimum atomic E-state index is 0.439. The topological polar surface area (TPSA) is 52.6 Å². The summed E-state index contributed by atoms with van der Waals surface area (Å²) in [5.74, 6) is 1.89. The highest BCUT2D eigenvalue weighted by molar-refractivity contribution is 6.32. The van der Waals surface area contributed by atoms with E-state index in [0.717, 1.165) is 24.1 Å². The molecular formula is C24H27ClN2O3. The Morgan fingerprint density at radius 2 is 1.77 bits per heavy atom. The largest absolute Gasteiger partial charge is 0.490 e. The molecule has 0 atom stereocenters. The molecule has 0 radical (unpaired) electrons. The molecule has 1 aromatic heterocycles. The van der Waals surface area contributed by atoms with Crippen LogP contribution >= 0.6 is 11.6 Å². The minimum absolute atomic E-state index is 0.439. The lowest BCUT2D eigenvalue weighted by molar-refractivity contribution is 0.269. The van der Waals surface area contributed by atoms with Crippen molar-refractivity contribution in [3.8, 4) is 17.4 Å². The maximum Gasteiger partial charge on any atom is 0.213 e. The Bertz CT molecular complexity index is 892. The number of benzene rings is 2. The summed E-state index contributed by atoms with van der Waals surface area (Å²) in [5, 5.41) is 3.95. The van der Waals surface area contributed by atoms with Crippen LogP contribution in [0.5, 0.6) is 17.4 Å². The van der Waals surface area contributed by atoms with Gasteiger partial charge in [0.15, 0.2) is 11.5 Å². The standard InChI is InChI=1S/C24H27ClN2O3/c1-2-28-22-16-20(17-26-12-8-14-29-23-11-6-7-13-27-23)15-21(25)24(22)30-18-19-9-4-3-5-10-19/h3-7,9-11,13,15-16,26H,2,8,12,14,17-18H2,1H3. The van der Waals surface area contributed by atoms with Crippen LogP contribution in [-0.4, -0.2) is 24.7 Å². The van der Waals surface area contributed by atoms with E-state index in [2.05, 4.69) is 10.3 Å². The van der Waals surface area contributed by atoms with Crippen molar-refractivity contribution in [1.82, 2.24) is 10.3 Å². The van der Waals surface area contributed by atoms with Crippen LogP contribution < -0.4 is 19.5 Å². The summed E-state index contributed by atoms with van der Waals surface area (Å²) in [4.78, 5) is 4.14. The van der Waals surface area contributed by atoms with Gasteiger partial charge in [0.2, 0.25) is 5.88 Å². The molecule has 3 rings (SSSR count). The summed E-state index contributed by atoms with van der Waals surface area (Å²) in [6.07, 6.45) is 2.60. The maximum atomic E-state index is 6.51. The molecule has 0 aliphatic rings. The van der Waals surface area contributed by atoms with E-state index in [-0.39, 0.29) is 0 Å². The Labute approximate surface area is 183 Å². The fourth-order valence-corrected chi connectivity index (χ4v) is 3.18. The van der Waals surface area contributed by atoms with Crippen molar-refractivity contribution in [2.24, 2.45) is 0 Å². The first-order valence-electron chi connectivity index (χ1n) is 10.1. The zero-order valence-electron chi connectivity index (χ0n) is 17.1. The fraction of sp³-hybridized carbons (Fsp3) is 0.292. The van der Waals surface area contributed by atoms with Gasteiger partial charge < -0.3 is 19.5 Å². The van der Waals surface area contributed by atoms with Crippen molar-refractivity contribution < 1.29 is 14.2 Å². The molecule has 0 bridgehead atoms. The van der Waals surface area contributed by atoms with Crippen molar-refractivity contribution in [1.29, 1.82) is 0 Å². The number of aromatic nitrogens is 1. The molecule has 30 heavy (non-hydrogen) atoms. The number of ether oxygens (including phenoxy) is 3. The molecule has 0 unspecified atom stereocenters. The van der Waals surface area contributed by atoms with Gasteiger partial charge in [-0.3, -0.25) is 0 Å². The summed E-state index contributed by atoms with van der Waals surface area (Å²) < 4.78 is 17.3. The highest BCUT2D eigenvalue weighted by atomic mass is 35.5. The lowest BCUT2D eigenvalue weighted by Crippen LogP contribution is -2.17. The summed E-state index contributed by atoms with van der Waals surface area (Å²) in [5.41, 5.74) is 2.12. The van der Waals surface area contributed by atoms with E-state index < -0.39 is 0 Å². The third-order valence-corrected chi connectivity index (χ3v) is 4.59. The van der Waals surface area contributed by atoms with Crippen molar-refractivity contribution in [3.05, 3.63) is 83.0 Å². The third kappa shape index (κ3) is 6.94. The maximum absolute atomic E-state index is 6.51. The van der Waals surface area contributed by atoms with Crippen molar-refractivity contribution in [3.63, 3.8) is 0 Å². The van der Waals surface area contributed by atoms with Crippen LogP contribution in [0.25, 0.3) is 0 Å². The van der Waals surface area contributed by atoms with Crippen LogP contribution in [0, 0.1) is 0 Å². The molecule has 158 valence electrons. The van der Waals surface area contributed by atoms with Crippen LogP contribution in [0.3, 0.4) is 0 Å². The Morgan fingerprint density at radius 3 is 2.53 bits per heavy atom. The molecule has 2 aromatic carbocycles. The van der Waals surface area contributed by atoms with Gasteiger partial charge in [0, 0.05) is 18.8 Å². The molecule has 5 nitrogen and oxygen atoms in total. The van der Waals surface area contributed by atoms with Crippen molar-refractivity contribution >= 4 is 11.6 Å². The molecule has 0 saturated heterocycles. The number of hydrogen-bond donors (Lipinski definition) is 1. The van der Waals surface area contributed by atoms with E-state index in [1.165, 1.54) is 0 Å². The van der Waals surface area contributed by atoms with Crippen LogP contribution in [0.4, 0.5) is 0 Å². The third-order valence-electron chi connectivity index (χ3n) is 4.31. The number of nitrogens with zero attached hydrogens (tertiary/aromatic N) is 1. The van der Waals surface area contributed by atoms with Crippen molar-refractivity contribution in [2.45, 2.75) is 26.5 Å². The van der Waals surface area contributed by atoms with Crippen LogP contribution in [0.15, 0.2) is 66.9 Å². The first kappa shape index (κ1) is 21.9. The molecule has 0 spiro atoms. The summed E-state index contributed by atoms with van der Waals surface area (Å²) in [6, 6.07) is 19.5. The second-order valence-corrected chi connectivity index (χ2v) is 7.07. The quantitative estimate of drug-likeness (QED) is 0.400. The van der Waals surface area contributed by atoms with E-state index in [9.17, 15) is 0 Å². The van der Waals surface area contributed by atoms with Gasteiger partial charge in [-0.15, -0.1) is 0 Å². The second kappa shape index (κ2) is 12.1. The lowest BCUT2D eigenvalue weighted by atomic mass is 10.2. The van der Waals surface area contributed by atoms with Gasteiger partial charge in [-0.25, -0.2) is 4.98 Å². The van der Waals surface area contributed by atoms with Crippen molar-refractivity contribution in [2.75, 3.05) is 19.8 Å². The summed E-state index contributed by atoms with van der Waals surface area (Å²) in [6.45, 7) is 5.04. The van der Waals surface area contributed by atoms with Gasteiger partial charge in [-0.2, -0.15) is 0 Å². The summed E-state index contributed by atoms with van der Waals surface area (Å²) in [7, 11) is 0. The molecular weight excluding hydrogens is 400 g/mol. The number of nitrogens with one attached hydrogen (secondary N) is 1. The molecule has 0 aliphatic carbocycles. The first-order valence-corrected chi connectivity index (χ1v) is 10.5. The van der Waals surface area contributed by atoms with Gasteiger partial charge in [0.1, 0.15) is 6.61 Å². The molecule has 6 heteroatoms. The lowest BCUT2D eigenvalue weighted by Gasteiger charge is -2.16. The predicted octanol–water partition coefficient (Wildman–Crippen LogP) is 5.27. The average Bonchev–Trinajstić information content (AvgIpc) is 2.77. The van der Waals surface area contributed by atoms with Gasteiger partial charge in [0.25, 0.3) is 0 Å². The predicted molar refractivity (Wildman–Crippen MR) is 119 cm³/mol. The molecule has 1 N–H and O–H groups in total. The second-order valence-electron chi connectivity index (χ2n) is 6.66.